The van der Waals surface area contributed by atoms with Crippen molar-refractivity contribution in [2.75, 3.05) is 6.61 Å². The van der Waals surface area contributed by atoms with Crippen LogP contribution in [0.25, 0.3) is 0 Å². The van der Waals surface area contributed by atoms with Gasteiger partial charge >= 0.3 is 36.1 Å². The van der Waals surface area contributed by atoms with Crippen molar-refractivity contribution < 1.29 is 58.9 Å². The zero-order valence-electron chi connectivity index (χ0n) is 17.7. The van der Waals surface area contributed by atoms with Gasteiger partial charge in [-0.3, -0.25) is 9.59 Å². The monoisotopic (exact) mass is 514 g/mol. The largest absolute Gasteiger partial charge is 0.461 e. The van der Waals surface area contributed by atoms with E-state index < -0.39 is 55.6 Å². The van der Waals surface area contributed by atoms with E-state index in [0.717, 1.165) is 0 Å². The number of carbonyl (C=O) groups is 2. The van der Waals surface area contributed by atoms with E-state index in [4.69, 9.17) is 9.47 Å². The van der Waals surface area contributed by atoms with E-state index in [1.165, 1.54) is 0 Å². The molecule has 2 rings (SSSR count). The normalized spacial score (nSPS) is 12.4. The minimum Gasteiger partial charge on any atom is -0.461 e. The quantitative estimate of drug-likeness (QED) is 0.256. The first-order valence-corrected chi connectivity index (χ1v) is 9.81. The third kappa shape index (κ3) is 7.30. The van der Waals surface area contributed by atoms with Crippen LogP contribution in [0.4, 0.5) is 35.1 Å². The molecule has 0 N–H and O–H groups in total. The van der Waals surface area contributed by atoms with Gasteiger partial charge in [0.05, 0.1) is 12.8 Å². The summed E-state index contributed by atoms with van der Waals surface area (Å²) in [6.45, 7) is -2.85. The van der Waals surface area contributed by atoms with Crippen LogP contribution >= 0.6 is 0 Å². The molecule has 0 bridgehead atoms. The fraction of sp³-hybridized carbons (Fsp3) is 0.364. The molecule has 0 amide bonds. The summed E-state index contributed by atoms with van der Waals surface area (Å²) in [5, 5.41) is 0. The van der Waals surface area contributed by atoms with E-state index >= 15 is 0 Å². The standard InChI is InChI=1S/C22H18F8O5/c23-19(24)21(27,28)22(29,30)20(25,26)13-34-18(32)10-9-17(31)33-12-14-5-4-8-16(11-14)35-15-6-2-1-3-7-15/h1-8,11,19H,9-10,12-13H2. The molecule has 0 atom stereocenters. The first-order valence-electron chi connectivity index (χ1n) is 9.81. The number of carbonyl (C=O) groups excluding carboxylic acids is 2. The van der Waals surface area contributed by atoms with Gasteiger partial charge in [0.1, 0.15) is 18.1 Å². The highest BCUT2D eigenvalue weighted by Crippen LogP contribution is 2.48. The second-order valence-corrected chi connectivity index (χ2v) is 7.09. The highest BCUT2D eigenvalue weighted by Gasteiger charge is 2.75. The van der Waals surface area contributed by atoms with Crippen molar-refractivity contribution in [2.45, 2.75) is 43.6 Å². The summed E-state index contributed by atoms with van der Waals surface area (Å²) in [5.74, 6) is -20.3. The minimum atomic E-state index is -6.49. The molecule has 192 valence electrons. The molecule has 5 nitrogen and oxygen atoms in total. The number of benzene rings is 2. The van der Waals surface area contributed by atoms with Crippen LogP contribution in [0.5, 0.6) is 11.5 Å². The molecule has 0 spiro atoms. The van der Waals surface area contributed by atoms with Gasteiger partial charge in [0.25, 0.3) is 0 Å². The van der Waals surface area contributed by atoms with E-state index in [1.54, 1.807) is 54.6 Å². The van der Waals surface area contributed by atoms with Crippen molar-refractivity contribution in [2.24, 2.45) is 0 Å². The maximum atomic E-state index is 13.4. The summed E-state index contributed by atoms with van der Waals surface area (Å²) in [6.07, 6.45) is -6.71. The van der Waals surface area contributed by atoms with Gasteiger partial charge in [0.2, 0.25) is 0 Å². The zero-order valence-corrected chi connectivity index (χ0v) is 17.7. The SMILES string of the molecule is O=C(CCC(=O)OCC(F)(F)C(F)(F)C(F)(F)C(F)F)OCc1cccc(Oc2ccccc2)c1. The van der Waals surface area contributed by atoms with Crippen LogP contribution in [-0.4, -0.2) is 42.7 Å². The third-order valence-electron chi connectivity index (χ3n) is 4.38. The number of halogens is 8. The average molecular weight is 514 g/mol. The Labute approximate surface area is 193 Å². The Kier molecular flexibility index (Phi) is 9.05. The van der Waals surface area contributed by atoms with E-state index in [0.29, 0.717) is 17.1 Å². The third-order valence-corrected chi connectivity index (χ3v) is 4.38. The first-order chi connectivity index (χ1) is 16.3. The zero-order chi connectivity index (χ0) is 26.3. The van der Waals surface area contributed by atoms with Crippen LogP contribution in [0.3, 0.4) is 0 Å². The molecule has 0 fully saturated rings. The molecule has 2 aromatic rings. The second kappa shape index (κ2) is 11.4. The smallest absolute Gasteiger partial charge is 0.381 e. The average Bonchev–Trinajstić information content (AvgIpc) is 2.80. The van der Waals surface area contributed by atoms with Gasteiger partial charge < -0.3 is 14.2 Å². The summed E-state index contributed by atoms with van der Waals surface area (Å²) in [5.41, 5.74) is 0.496. The van der Waals surface area contributed by atoms with Crippen molar-refractivity contribution in [3.8, 4) is 11.5 Å². The number of alkyl halides is 8. The lowest BCUT2D eigenvalue weighted by Gasteiger charge is -2.31. The van der Waals surface area contributed by atoms with Gasteiger partial charge in [-0.05, 0) is 29.8 Å². The number of hydrogen-bond donors (Lipinski definition) is 0. The molecule has 0 aromatic heterocycles. The van der Waals surface area contributed by atoms with Gasteiger partial charge in [-0.1, -0.05) is 30.3 Å². The Morgan fingerprint density at radius 2 is 1.34 bits per heavy atom. The highest BCUT2D eigenvalue weighted by atomic mass is 19.4. The molecule has 0 saturated heterocycles. The molecule has 2 aromatic carbocycles. The fourth-order valence-electron chi connectivity index (χ4n) is 2.48. The second-order valence-electron chi connectivity index (χ2n) is 7.09. The molecular weight excluding hydrogens is 496 g/mol. The molecule has 0 heterocycles. The predicted molar refractivity (Wildman–Crippen MR) is 104 cm³/mol. The van der Waals surface area contributed by atoms with Crippen LogP contribution < -0.4 is 4.74 Å². The maximum Gasteiger partial charge on any atom is 0.381 e. The van der Waals surface area contributed by atoms with Gasteiger partial charge in [0, 0.05) is 0 Å². The lowest BCUT2D eigenvalue weighted by atomic mass is 10.1. The minimum absolute atomic E-state index is 0.257. The van der Waals surface area contributed by atoms with Gasteiger partial charge in [-0.25, -0.2) is 8.78 Å². The number of esters is 2. The van der Waals surface area contributed by atoms with Gasteiger partial charge in [0.15, 0.2) is 6.61 Å². The predicted octanol–water partition coefficient (Wildman–Crippen LogP) is 6.02. The summed E-state index contributed by atoms with van der Waals surface area (Å²) < 4.78 is 117. The lowest BCUT2D eigenvalue weighted by Crippen LogP contribution is -2.59. The van der Waals surface area contributed by atoms with Crippen LogP contribution in [0.2, 0.25) is 0 Å². The summed E-state index contributed by atoms with van der Waals surface area (Å²) in [4.78, 5) is 23.2. The first kappa shape index (κ1) is 27.9. The van der Waals surface area contributed by atoms with Crippen LogP contribution in [0, 0.1) is 0 Å². The summed E-state index contributed by atoms with van der Waals surface area (Å²) in [6, 6.07) is 15.2. The van der Waals surface area contributed by atoms with E-state index in [9.17, 15) is 44.7 Å². The summed E-state index contributed by atoms with van der Waals surface area (Å²) in [7, 11) is 0. The number of hydrogen-bond acceptors (Lipinski definition) is 5. The highest BCUT2D eigenvalue weighted by molar-refractivity contribution is 5.77. The van der Waals surface area contributed by atoms with Crippen molar-refractivity contribution in [1.29, 1.82) is 0 Å². The molecule has 0 saturated carbocycles. The van der Waals surface area contributed by atoms with Crippen molar-refractivity contribution >= 4 is 11.9 Å². The molecule has 0 aliphatic carbocycles. The Morgan fingerprint density at radius 3 is 1.94 bits per heavy atom. The molecule has 0 aliphatic heterocycles. The van der Waals surface area contributed by atoms with E-state index in [1.807, 2.05) is 0 Å². The van der Waals surface area contributed by atoms with Crippen LogP contribution in [-0.2, 0) is 25.7 Å². The van der Waals surface area contributed by atoms with Crippen LogP contribution in [0.1, 0.15) is 18.4 Å². The number of ether oxygens (including phenoxy) is 3. The molecule has 35 heavy (non-hydrogen) atoms. The number of rotatable bonds is 12. The molecule has 13 heteroatoms. The lowest BCUT2D eigenvalue weighted by molar-refractivity contribution is -0.344. The Hall–Kier alpha value is -3.38. The fourth-order valence-corrected chi connectivity index (χ4v) is 2.48. The van der Waals surface area contributed by atoms with Gasteiger partial charge in [-0.2, -0.15) is 26.3 Å². The Morgan fingerprint density at radius 1 is 0.771 bits per heavy atom. The molecule has 0 aliphatic rings. The van der Waals surface area contributed by atoms with Crippen molar-refractivity contribution in [3.05, 3.63) is 60.2 Å². The molecule has 0 radical (unpaired) electrons. The van der Waals surface area contributed by atoms with Crippen LogP contribution in [0.15, 0.2) is 54.6 Å². The molecule has 0 unspecified atom stereocenters. The van der Waals surface area contributed by atoms with E-state index in [2.05, 4.69) is 4.74 Å². The molecular formula is C22H18F8O5. The topological polar surface area (TPSA) is 61.8 Å². The van der Waals surface area contributed by atoms with E-state index in [-0.39, 0.29) is 6.61 Å². The van der Waals surface area contributed by atoms with Crippen molar-refractivity contribution in [1.82, 2.24) is 0 Å². The van der Waals surface area contributed by atoms with Crippen molar-refractivity contribution in [3.63, 3.8) is 0 Å². The Bertz CT molecular complexity index is 998. The van der Waals surface area contributed by atoms with Gasteiger partial charge in [-0.15, -0.1) is 0 Å². The summed E-state index contributed by atoms with van der Waals surface area (Å²) >= 11 is 0. The Balaban J connectivity index is 1.79. The number of para-hydroxylation sites is 1. The maximum absolute atomic E-state index is 13.4.